The van der Waals surface area contributed by atoms with Crippen LogP contribution >= 0.6 is 0 Å². The molecule has 0 spiro atoms. The Morgan fingerprint density at radius 2 is 1.80 bits per heavy atom. The molecule has 8 nitrogen and oxygen atoms in total. The van der Waals surface area contributed by atoms with Crippen LogP contribution < -0.4 is 0 Å². The number of H-pyrrole nitrogens is 1. The predicted octanol–water partition coefficient (Wildman–Crippen LogP) is 1.56. The van der Waals surface area contributed by atoms with E-state index in [4.69, 9.17) is 9.90 Å². The average molecular weight is 430 g/mol. The Labute approximate surface area is 171 Å². The Balaban J connectivity index is 0.000000318. The Morgan fingerprint density at radius 3 is 2.37 bits per heavy atom. The van der Waals surface area contributed by atoms with E-state index in [1.807, 2.05) is 15.9 Å². The Morgan fingerprint density at radius 1 is 1.13 bits per heavy atom. The lowest BCUT2D eigenvalue weighted by Crippen LogP contribution is -2.42. The molecule has 166 valence electrons. The zero-order chi connectivity index (χ0) is 21.9. The van der Waals surface area contributed by atoms with Gasteiger partial charge in [-0.05, 0) is 44.5 Å². The van der Waals surface area contributed by atoms with E-state index in [0.29, 0.717) is 12.1 Å². The lowest BCUT2D eigenvalue weighted by atomic mass is 10.1. The van der Waals surface area contributed by atoms with Gasteiger partial charge in [-0.2, -0.15) is 13.2 Å². The van der Waals surface area contributed by atoms with Gasteiger partial charge in [0.25, 0.3) is 5.91 Å². The number of carbonyl (C=O) groups excluding carboxylic acids is 2. The molecule has 0 unspecified atom stereocenters. The summed E-state index contributed by atoms with van der Waals surface area (Å²) in [7, 11) is 0. The number of hydrogen-bond donors (Lipinski definition) is 2. The number of rotatable bonds is 4. The molecule has 1 aromatic heterocycles. The molecule has 0 saturated carbocycles. The third kappa shape index (κ3) is 4.94. The molecule has 4 heterocycles. The summed E-state index contributed by atoms with van der Waals surface area (Å²) in [5, 5.41) is 7.12. The number of nitrogens with zero attached hydrogens (tertiary/aromatic N) is 3. The Kier molecular flexibility index (Phi) is 6.69. The number of alkyl halides is 3. The number of likely N-dealkylation sites (tertiary alicyclic amines) is 3. The number of aromatic nitrogens is 1. The van der Waals surface area contributed by atoms with Crippen LogP contribution in [0.4, 0.5) is 13.2 Å². The number of amides is 2. The number of carbonyl (C=O) groups is 3. The van der Waals surface area contributed by atoms with Crippen LogP contribution in [0.5, 0.6) is 0 Å². The van der Waals surface area contributed by atoms with E-state index in [1.165, 1.54) is 12.8 Å². The zero-order valence-corrected chi connectivity index (χ0v) is 16.4. The highest BCUT2D eigenvalue weighted by Gasteiger charge is 2.48. The molecule has 30 heavy (non-hydrogen) atoms. The molecule has 2 atom stereocenters. The van der Waals surface area contributed by atoms with E-state index in [9.17, 15) is 22.8 Å². The van der Waals surface area contributed by atoms with Gasteiger partial charge in [0.05, 0.1) is 12.1 Å². The molecular weight excluding hydrogens is 405 g/mol. The van der Waals surface area contributed by atoms with Crippen molar-refractivity contribution in [3.63, 3.8) is 0 Å². The van der Waals surface area contributed by atoms with Gasteiger partial charge in [0.1, 0.15) is 5.69 Å². The number of aliphatic carboxylic acids is 1. The average Bonchev–Trinajstić information content (AvgIpc) is 3.45. The highest BCUT2D eigenvalue weighted by atomic mass is 19.4. The summed E-state index contributed by atoms with van der Waals surface area (Å²) < 4.78 is 31.7. The highest BCUT2D eigenvalue weighted by molar-refractivity contribution is 5.94. The number of carboxylic acid groups (broad SMARTS) is 1. The molecule has 2 N–H and O–H groups in total. The summed E-state index contributed by atoms with van der Waals surface area (Å²) in [5.74, 6) is -2.52. The Bertz CT molecular complexity index is 762. The second-order valence-corrected chi connectivity index (χ2v) is 7.65. The van der Waals surface area contributed by atoms with Gasteiger partial charge in [-0.25, -0.2) is 4.79 Å². The number of nitrogens with one attached hydrogen (secondary N) is 1. The third-order valence-electron chi connectivity index (χ3n) is 5.80. The number of hydrogen-bond acceptors (Lipinski definition) is 4. The lowest BCUT2D eigenvalue weighted by molar-refractivity contribution is -0.192. The minimum Gasteiger partial charge on any atom is -0.475 e. The van der Waals surface area contributed by atoms with Gasteiger partial charge in [0, 0.05) is 32.3 Å². The summed E-state index contributed by atoms with van der Waals surface area (Å²) in [6.07, 6.45) is 0.625. The number of carboxylic acids is 1. The van der Waals surface area contributed by atoms with Gasteiger partial charge in [-0.3, -0.25) is 9.59 Å². The molecule has 3 aliphatic heterocycles. The summed E-state index contributed by atoms with van der Waals surface area (Å²) >= 11 is 0. The van der Waals surface area contributed by atoms with Gasteiger partial charge < -0.3 is 24.8 Å². The first-order chi connectivity index (χ1) is 14.2. The number of halogens is 3. The molecule has 0 aliphatic carbocycles. The first kappa shape index (κ1) is 22.1. The van der Waals surface area contributed by atoms with Crippen molar-refractivity contribution in [2.75, 3.05) is 32.7 Å². The number of aromatic amines is 1. The van der Waals surface area contributed by atoms with Gasteiger partial charge >= 0.3 is 12.1 Å². The molecular formula is C19H25F3N4O4. The summed E-state index contributed by atoms with van der Waals surface area (Å²) in [5.41, 5.74) is 0.619. The SMILES string of the molecule is O=C(O)C(F)(F)F.O=C1C[C@H]2[C@@H](CCN2C(=O)c2ccc[nH]2)N1CCN1CCCC1. The van der Waals surface area contributed by atoms with Crippen molar-refractivity contribution in [2.45, 2.75) is 43.9 Å². The van der Waals surface area contributed by atoms with Crippen molar-refractivity contribution in [2.24, 2.45) is 0 Å². The molecule has 3 aliphatic rings. The van der Waals surface area contributed by atoms with Crippen LogP contribution in [0.2, 0.25) is 0 Å². The normalized spacial score (nSPS) is 24.0. The topological polar surface area (TPSA) is 96.9 Å². The van der Waals surface area contributed by atoms with Crippen LogP contribution in [0.1, 0.15) is 36.2 Å². The maximum atomic E-state index is 12.6. The molecule has 3 fully saturated rings. The smallest absolute Gasteiger partial charge is 0.475 e. The third-order valence-corrected chi connectivity index (χ3v) is 5.80. The van der Waals surface area contributed by atoms with Crippen molar-refractivity contribution < 1.29 is 32.7 Å². The van der Waals surface area contributed by atoms with Crippen LogP contribution in [-0.2, 0) is 9.59 Å². The van der Waals surface area contributed by atoms with Crippen molar-refractivity contribution in [3.05, 3.63) is 24.0 Å². The van der Waals surface area contributed by atoms with Crippen molar-refractivity contribution in [3.8, 4) is 0 Å². The van der Waals surface area contributed by atoms with Crippen LogP contribution in [0, 0.1) is 0 Å². The minimum atomic E-state index is -5.08. The van der Waals surface area contributed by atoms with E-state index < -0.39 is 12.1 Å². The van der Waals surface area contributed by atoms with E-state index in [-0.39, 0.29) is 23.9 Å². The molecule has 0 aromatic carbocycles. The molecule has 11 heteroatoms. The van der Waals surface area contributed by atoms with Crippen LogP contribution in [0.15, 0.2) is 18.3 Å². The fraction of sp³-hybridized carbons (Fsp3) is 0.632. The van der Waals surface area contributed by atoms with E-state index in [0.717, 1.165) is 39.1 Å². The van der Waals surface area contributed by atoms with Crippen molar-refractivity contribution in [1.29, 1.82) is 0 Å². The maximum Gasteiger partial charge on any atom is 0.490 e. The molecule has 3 saturated heterocycles. The second-order valence-electron chi connectivity index (χ2n) is 7.65. The quantitative estimate of drug-likeness (QED) is 0.756. The second kappa shape index (κ2) is 9.07. The minimum absolute atomic E-state index is 0.0247. The summed E-state index contributed by atoms with van der Waals surface area (Å²) in [6, 6.07) is 3.90. The van der Waals surface area contributed by atoms with Crippen molar-refractivity contribution in [1.82, 2.24) is 19.7 Å². The zero-order valence-electron chi connectivity index (χ0n) is 16.4. The first-order valence-electron chi connectivity index (χ1n) is 9.95. The molecule has 0 bridgehead atoms. The largest absolute Gasteiger partial charge is 0.490 e. The lowest BCUT2D eigenvalue weighted by Gasteiger charge is -2.27. The number of fused-ring (bicyclic) bond motifs is 1. The first-order valence-corrected chi connectivity index (χ1v) is 9.95. The predicted molar refractivity (Wildman–Crippen MR) is 99.7 cm³/mol. The van der Waals surface area contributed by atoms with Gasteiger partial charge in [0.15, 0.2) is 0 Å². The van der Waals surface area contributed by atoms with Crippen molar-refractivity contribution >= 4 is 17.8 Å². The summed E-state index contributed by atoms with van der Waals surface area (Å²) in [4.78, 5) is 43.2. The van der Waals surface area contributed by atoms with Gasteiger partial charge in [-0.15, -0.1) is 0 Å². The van der Waals surface area contributed by atoms with Crippen LogP contribution in [0.3, 0.4) is 0 Å². The van der Waals surface area contributed by atoms with Crippen LogP contribution in [-0.4, -0.2) is 93.6 Å². The van der Waals surface area contributed by atoms with E-state index in [2.05, 4.69) is 9.88 Å². The molecule has 0 radical (unpaired) electrons. The molecule has 4 rings (SSSR count). The van der Waals surface area contributed by atoms with Gasteiger partial charge in [0.2, 0.25) is 5.91 Å². The fourth-order valence-electron chi connectivity index (χ4n) is 4.34. The van der Waals surface area contributed by atoms with Crippen LogP contribution in [0.25, 0.3) is 0 Å². The Hall–Kier alpha value is -2.56. The fourth-order valence-corrected chi connectivity index (χ4v) is 4.34. The molecule has 2 amide bonds. The molecule has 1 aromatic rings. The van der Waals surface area contributed by atoms with E-state index >= 15 is 0 Å². The van der Waals surface area contributed by atoms with Gasteiger partial charge in [-0.1, -0.05) is 0 Å². The summed E-state index contributed by atoms with van der Waals surface area (Å²) in [6.45, 7) is 4.85. The monoisotopic (exact) mass is 430 g/mol. The standard InChI is InChI=1S/C17H24N4O2.C2HF3O2/c22-16-12-15-14(20(16)11-10-19-7-1-2-8-19)5-9-21(15)17(23)13-4-3-6-18-13;3-2(4,5)1(6)7/h3-4,6,14-15,18H,1-2,5,7-12H2;(H,6,7)/t14-,15+;/m1./s1. The van der Waals surface area contributed by atoms with E-state index in [1.54, 1.807) is 12.3 Å². The maximum absolute atomic E-state index is 12.6. The highest BCUT2D eigenvalue weighted by Crippen LogP contribution is 2.33.